The summed E-state index contributed by atoms with van der Waals surface area (Å²) < 4.78 is 66.2. The Kier molecular flexibility index (Phi) is 19.9. The van der Waals surface area contributed by atoms with Gasteiger partial charge in [-0.3, -0.25) is 0 Å². The Hall–Kier alpha value is -3.44. The van der Waals surface area contributed by atoms with E-state index in [0.29, 0.717) is 0 Å². The van der Waals surface area contributed by atoms with Gasteiger partial charge >= 0.3 is 0 Å². The molecule has 0 aliphatic carbocycles. The maximum Gasteiger partial charge on any atom is 0.187 e. The number of hydrogen-bond donors (Lipinski definition) is 10. The maximum absolute atomic E-state index is 11.9. The van der Waals surface area contributed by atoms with Crippen LogP contribution in [0.3, 0.4) is 0 Å². The van der Waals surface area contributed by atoms with Gasteiger partial charge in [-0.2, -0.15) is 0 Å². The first-order valence-corrected chi connectivity index (χ1v) is 22.8. The van der Waals surface area contributed by atoms with Gasteiger partial charge in [-0.05, 0) is 16.7 Å². The molecule has 0 saturated carbocycles. The van der Waals surface area contributed by atoms with Crippen LogP contribution in [0, 0.1) is 0 Å². The standard InChI is InChI=1S/C48H64O21/c1-2-18-60-40-33(52)29(19-49)64-46(36(40)55)67-41-34(53)30(20-50)65-47(37(41)56)68-42-35(54)31(21-51)66-48(38(42)57)69-44-43(62-24-28-16-10-5-11-17-28)39(61-23-27-14-8-4-9-15-27)32(63-45(44)58)25-59-22-26-12-6-3-7-13-26/h2-17,29-58H,1,18-25H2/t29?,30?,31?,32?,33-,34-,35-,36?,37?,38?,39-,40-,41-,42-,43-,44?,45+,46-,47-,48-/m0/s1. The monoisotopic (exact) mass is 976 g/mol. The van der Waals surface area contributed by atoms with Gasteiger partial charge in [0.2, 0.25) is 0 Å². The molecule has 3 aromatic carbocycles. The van der Waals surface area contributed by atoms with E-state index < -0.39 is 143 Å². The van der Waals surface area contributed by atoms with Gasteiger partial charge in [0.1, 0.15) is 97.7 Å². The molecular weight excluding hydrogens is 913 g/mol. The Morgan fingerprint density at radius 1 is 0.420 bits per heavy atom. The molecule has 69 heavy (non-hydrogen) atoms. The quantitative estimate of drug-likeness (QED) is 0.0494. The Morgan fingerprint density at radius 2 is 0.812 bits per heavy atom. The van der Waals surface area contributed by atoms with Gasteiger partial charge in [0.15, 0.2) is 25.2 Å². The van der Waals surface area contributed by atoms with Crippen LogP contribution in [0.2, 0.25) is 0 Å². The van der Waals surface area contributed by atoms with Gasteiger partial charge in [-0.1, -0.05) is 97.1 Å². The third-order valence-corrected chi connectivity index (χ3v) is 12.3. The number of hydrogen-bond acceptors (Lipinski definition) is 21. The smallest absolute Gasteiger partial charge is 0.187 e. The lowest BCUT2D eigenvalue weighted by Gasteiger charge is -2.49. The molecule has 21 heteroatoms. The molecule has 0 aromatic heterocycles. The minimum absolute atomic E-state index is 0.00333. The van der Waals surface area contributed by atoms with Gasteiger partial charge in [0.05, 0.1) is 52.9 Å². The lowest BCUT2D eigenvalue weighted by molar-refractivity contribution is -0.394. The predicted octanol–water partition coefficient (Wildman–Crippen LogP) is -1.86. The first-order chi connectivity index (χ1) is 33.5. The van der Waals surface area contributed by atoms with Crippen molar-refractivity contribution < 1.29 is 103 Å². The van der Waals surface area contributed by atoms with Crippen molar-refractivity contribution in [1.29, 1.82) is 0 Å². The Morgan fingerprint density at radius 3 is 1.25 bits per heavy atom. The molecule has 0 radical (unpaired) electrons. The number of rotatable bonds is 22. The van der Waals surface area contributed by atoms with E-state index in [0.717, 1.165) is 16.7 Å². The first-order valence-electron chi connectivity index (χ1n) is 22.8. The SMILES string of the molecule is C=CCO[C@@H]1C(O)[C@H](O[C@@H]2C(O)[C@H](O[C@@H]3C(O)[C@H](OC4[C@H](O)OC(COCc5ccccc5)[C@H](OCc5ccccc5)[C@@H]4OCc4ccccc4)OC(CO)[C@@H]3O)OC(CO)[C@@H]2O)OC(CO)[C@@H]1O. The zero-order chi connectivity index (χ0) is 49.0. The van der Waals surface area contributed by atoms with E-state index in [1.54, 1.807) is 0 Å². The molecule has 20 atom stereocenters. The number of benzene rings is 3. The topological polar surface area (TPSA) is 304 Å². The Labute approximate surface area is 398 Å². The molecule has 382 valence electrons. The molecule has 4 aliphatic rings. The van der Waals surface area contributed by atoms with Gasteiger partial charge < -0.3 is 103 Å². The normalized spacial score (nSPS) is 38.4. The molecule has 10 N–H and O–H groups in total. The molecule has 8 unspecified atom stereocenters. The molecule has 3 aromatic rings. The zero-order valence-corrected chi connectivity index (χ0v) is 37.6. The van der Waals surface area contributed by atoms with Crippen molar-refractivity contribution in [3.8, 4) is 0 Å². The first kappa shape index (κ1) is 53.4. The lowest BCUT2D eigenvalue weighted by Crippen LogP contribution is -2.68. The highest BCUT2D eigenvalue weighted by atomic mass is 16.8. The largest absolute Gasteiger partial charge is 0.394 e. The molecule has 4 fully saturated rings. The summed E-state index contributed by atoms with van der Waals surface area (Å²) in [5.74, 6) is 0. The summed E-state index contributed by atoms with van der Waals surface area (Å²) >= 11 is 0. The summed E-state index contributed by atoms with van der Waals surface area (Å²) in [6, 6.07) is 27.9. The second-order valence-electron chi connectivity index (χ2n) is 17.1. The molecule has 4 aliphatic heterocycles. The van der Waals surface area contributed by atoms with Crippen LogP contribution in [0.15, 0.2) is 104 Å². The second-order valence-corrected chi connectivity index (χ2v) is 17.1. The highest BCUT2D eigenvalue weighted by molar-refractivity contribution is 5.16. The lowest BCUT2D eigenvalue weighted by atomic mass is 9.95. The molecule has 4 heterocycles. The van der Waals surface area contributed by atoms with E-state index in [2.05, 4.69) is 6.58 Å². The van der Waals surface area contributed by atoms with Crippen LogP contribution in [-0.4, -0.2) is 207 Å². The molecule has 0 bridgehead atoms. The van der Waals surface area contributed by atoms with Crippen molar-refractivity contribution in [2.24, 2.45) is 0 Å². The fraction of sp³-hybridized carbons (Fsp3) is 0.583. The summed E-state index contributed by atoms with van der Waals surface area (Å²) in [6.45, 7) is 1.20. The average molecular weight is 977 g/mol. The summed E-state index contributed by atoms with van der Waals surface area (Å²) in [5.41, 5.74) is 2.47. The highest BCUT2D eigenvalue weighted by Gasteiger charge is 2.56. The average Bonchev–Trinajstić information content (AvgIpc) is 3.36. The minimum Gasteiger partial charge on any atom is -0.394 e. The third kappa shape index (κ3) is 13.2. The summed E-state index contributed by atoms with van der Waals surface area (Å²) in [4.78, 5) is 0. The molecule has 21 nitrogen and oxygen atoms in total. The zero-order valence-electron chi connectivity index (χ0n) is 37.6. The van der Waals surface area contributed by atoms with Crippen molar-refractivity contribution in [3.63, 3.8) is 0 Å². The van der Waals surface area contributed by atoms with E-state index >= 15 is 0 Å². The van der Waals surface area contributed by atoms with Gasteiger partial charge in [0, 0.05) is 0 Å². The summed E-state index contributed by atoms with van der Waals surface area (Å²) in [5, 5.41) is 110. The second kappa shape index (κ2) is 25.8. The van der Waals surface area contributed by atoms with Crippen LogP contribution in [0.1, 0.15) is 16.7 Å². The van der Waals surface area contributed by atoms with Crippen molar-refractivity contribution in [3.05, 3.63) is 120 Å². The van der Waals surface area contributed by atoms with Crippen LogP contribution in [0.25, 0.3) is 0 Å². The van der Waals surface area contributed by atoms with Crippen molar-refractivity contribution in [1.82, 2.24) is 0 Å². The Balaban J connectivity index is 1.12. The molecule has 0 spiro atoms. The van der Waals surface area contributed by atoms with Crippen LogP contribution in [0.4, 0.5) is 0 Å². The van der Waals surface area contributed by atoms with Gasteiger partial charge in [-0.25, -0.2) is 0 Å². The minimum atomic E-state index is -2.02. The number of ether oxygens (including phenoxy) is 11. The van der Waals surface area contributed by atoms with E-state index in [-0.39, 0.29) is 33.0 Å². The number of aliphatic hydroxyl groups is 10. The molecular formula is C48H64O21. The van der Waals surface area contributed by atoms with Crippen molar-refractivity contribution >= 4 is 0 Å². The van der Waals surface area contributed by atoms with E-state index in [9.17, 15) is 51.1 Å². The van der Waals surface area contributed by atoms with Gasteiger partial charge in [0.25, 0.3) is 0 Å². The fourth-order valence-corrected chi connectivity index (χ4v) is 8.62. The van der Waals surface area contributed by atoms with Crippen LogP contribution in [-0.2, 0) is 71.9 Å². The summed E-state index contributed by atoms with van der Waals surface area (Å²) in [7, 11) is 0. The number of aliphatic hydroxyl groups excluding tert-OH is 10. The maximum atomic E-state index is 11.9. The molecule has 7 rings (SSSR count). The van der Waals surface area contributed by atoms with Crippen LogP contribution >= 0.6 is 0 Å². The van der Waals surface area contributed by atoms with E-state index in [1.165, 1.54) is 6.08 Å². The Bertz CT molecular complexity index is 1940. The van der Waals surface area contributed by atoms with Gasteiger partial charge in [-0.15, -0.1) is 6.58 Å². The van der Waals surface area contributed by atoms with Crippen molar-refractivity contribution in [2.75, 3.05) is 33.0 Å². The fourth-order valence-electron chi connectivity index (χ4n) is 8.62. The van der Waals surface area contributed by atoms with Crippen molar-refractivity contribution in [2.45, 2.75) is 143 Å². The van der Waals surface area contributed by atoms with Crippen LogP contribution < -0.4 is 0 Å². The van der Waals surface area contributed by atoms with E-state index in [1.807, 2.05) is 91.0 Å². The predicted molar refractivity (Wildman–Crippen MR) is 235 cm³/mol. The summed E-state index contributed by atoms with van der Waals surface area (Å²) in [6.07, 6.45) is -30.9. The van der Waals surface area contributed by atoms with Crippen LogP contribution in [0.5, 0.6) is 0 Å². The molecule has 4 saturated heterocycles. The van der Waals surface area contributed by atoms with E-state index in [4.69, 9.17) is 52.1 Å². The molecule has 0 amide bonds. The highest BCUT2D eigenvalue weighted by Crippen LogP contribution is 2.36. The third-order valence-electron chi connectivity index (χ3n) is 12.3.